The highest BCUT2D eigenvalue weighted by atomic mass is 32.2. The highest BCUT2D eigenvalue weighted by Crippen LogP contribution is 2.31. The third-order valence-corrected chi connectivity index (χ3v) is 4.91. The van der Waals surface area contributed by atoms with Crippen LogP contribution in [0.3, 0.4) is 0 Å². The van der Waals surface area contributed by atoms with E-state index in [1.54, 1.807) is 6.92 Å². The lowest BCUT2D eigenvalue weighted by Crippen LogP contribution is -2.35. The number of halogens is 1. The molecule has 0 aromatic carbocycles. The molecule has 6 nitrogen and oxygen atoms in total. The molecule has 0 bridgehead atoms. The molecule has 0 aliphatic heterocycles. The molecular weight excluding hydrogens is 299 g/mol. The third-order valence-electron chi connectivity index (χ3n) is 3.06. The Hall–Kier alpha value is -1.54. The summed E-state index contributed by atoms with van der Waals surface area (Å²) in [7, 11) is -3.90. The second-order valence-corrected chi connectivity index (χ2v) is 6.54. The van der Waals surface area contributed by atoms with Gasteiger partial charge in [0, 0.05) is 12.6 Å². The molecule has 1 heterocycles. The van der Waals surface area contributed by atoms with Crippen LogP contribution in [0.25, 0.3) is 0 Å². The lowest BCUT2D eigenvalue weighted by atomic mass is 10.4. The Bertz CT molecular complexity index is 616. The number of pyridine rings is 1. The minimum absolute atomic E-state index is 0.0179. The SMILES string of the molecule is CCOC(=O)CCN(C1CC1)S(=O)(=O)c1cccc(F)n1. The van der Waals surface area contributed by atoms with Gasteiger partial charge in [-0.15, -0.1) is 0 Å². The molecule has 2 rings (SSSR count). The topological polar surface area (TPSA) is 76.6 Å². The van der Waals surface area contributed by atoms with Crippen molar-refractivity contribution in [2.45, 2.75) is 37.3 Å². The lowest BCUT2D eigenvalue weighted by molar-refractivity contribution is -0.143. The Morgan fingerprint density at radius 2 is 2.19 bits per heavy atom. The zero-order valence-corrected chi connectivity index (χ0v) is 12.5. The van der Waals surface area contributed by atoms with E-state index in [1.165, 1.54) is 16.4 Å². The van der Waals surface area contributed by atoms with Crippen LogP contribution in [0.4, 0.5) is 4.39 Å². The van der Waals surface area contributed by atoms with Gasteiger partial charge >= 0.3 is 5.97 Å². The van der Waals surface area contributed by atoms with Gasteiger partial charge in [0.25, 0.3) is 10.0 Å². The number of carbonyl (C=O) groups excluding carboxylic acids is 1. The molecule has 21 heavy (non-hydrogen) atoms. The number of ether oxygens (including phenoxy) is 1. The lowest BCUT2D eigenvalue weighted by Gasteiger charge is -2.20. The highest BCUT2D eigenvalue weighted by molar-refractivity contribution is 7.89. The van der Waals surface area contributed by atoms with Crippen LogP contribution in [0.2, 0.25) is 0 Å². The summed E-state index contributed by atoms with van der Waals surface area (Å²) < 4.78 is 44.1. The van der Waals surface area contributed by atoms with Crippen molar-refractivity contribution >= 4 is 16.0 Å². The number of sulfonamides is 1. The molecule has 0 amide bonds. The summed E-state index contributed by atoms with van der Waals surface area (Å²) in [4.78, 5) is 14.8. The molecule has 0 saturated heterocycles. The highest BCUT2D eigenvalue weighted by Gasteiger charge is 2.38. The Morgan fingerprint density at radius 1 is 1.48 bits per heavy atom. The number of aromatic nitrogens is 1. The summed E-state index contributed by atoms with van der Waals surface area (Å²) in [5.41, 5.74) is 0. The quantitative estimate of drug-likeness (QED) is 0.560. The molecule has 1 aliphatic rings. The van der Waals surface area contributed by atoms with Crippen LogP contribution >= 0.6 is 0 Å². The van der Waals surface area contributed by atoms with Gasteiger partial charge in [-0.3, -0.25) is 4.79 Å². The van der Waals surface area contributed by atoms with Gasteiger partial charge in [-0.1, -0.05) is 6.07 Å². The number of nitrogens with zero attached hydrogens (tertiary/aromatic N) is 2. The normalized spacial score (nSPS) is 15.2. The first-order valence-corrected chi connectivity index (χ1v) is 8.19. The third kappa shape index (κ3) is 3.98. The maximum Gasteiger partial charge on any atom is 0.307 e. The molecule has 0 N–H and O–H groups in total. The van der Waals surface area contributed by atoms with Crippen molar-refractivity contribution in [1.29, 1.82) is 0 Å². The zero-order chi connectivity index (χ0) is 15.5. The number of hydrogen-bond donors (Lipinski definition) is 0. The fourth-order valence-corrected chi connectivity index (χ4v) is 3.58. The molecule has 8 heteroatoms. The van der Waals surface area contributed by atoms with Crippen molar-refractivity contribution in [2.75, 3.05) is 13.2 Å². The van der Waals surface area contributed by atoms with E-state index in [-0.39, 0.29) is 30.6 Å². The summed E-state index contributed by atoms with van der Waals surface area (Å²) in [5.74, 6) is -1.30. The number of hydrogen-bond acceptors (Lipinski definition) is 5. The molecule has 0 spiro atoms. The van der Waals surface area contributed by atoms with Crippen LogP contribution in [0.1, 0.15) is 26.2 Å². The smallest absolute Gasteiger partial charge is 0.307 e. The van der Waals surface area contributed by atoms with E-state index < -0.39 is 21.9 Å². The van der Waals surface area contributed by atoms with Gasteiger partial charge in [-0.25, -0.2) is 13.4 Å². The van der Waals surface area contributed by atoms with Crippen molar-refractivity contribution in [2.24, 2.45) is 0 Å². The fraction of sp³-hybridized carbons (Fsp3) is 0.538. The van der Waals surface area contributed by atoms with Crippen molar-refractivity contribution in [1.82, 2.24) is 9.29 Å². The van der Waals surface area contributed by atoms with Gasteiger partial charge in [0.2, 0.25) is 5.95 Å². The molecular formula is C13H17FN2O4S. The predicted molar refractivity (Wildman–Crippen MR) is 72.4 cm³/mol. The van der Waals surface area contributed by atoms with Gasteiger partial charge < -0.3 is 4.74 Å². The Kier molecular flexibility index (Phi) is 4.89. The first-order chi connectivity index (χ1) is 9.95. The Morgan fingerprint density at radius 3 is 2.76 bits per heavy atom. The molecule has 1 fully saturated rings. The van der Waals surface area contributed by atoms with Crippen molar-refractivity contribution in [3.63, 3.8) is 0 Å². The van der Waals surface area contributed by atoms with E-state index in [1.807, 2.05) is 0 Å². The van der Waals surface area contributed by atoms with E-state index >= 15 is 0 Å². The van der Waals surface area contributed by atoms with Gasteiger partial charge in [-0.05, 0) is 31.9 Å². The molecule has 0 unspecified atom stereocenters. The Balaban J connectivity index is 2.15. The van der Waals surface area contributed by atoms with Crippen LogP contribution in [-0.4, -0.2) is 42.9 Å². The standard InChI is InChI=1S/C13H17FN2O4S/c1-2-20-13(17)8-9-16(10-6-7-10)21(18,19)12-5-3-4-11(14)15-12/h3-5,10H,2,6-9H2,1H3. The summed E-state index contributed by atoms with van der Waals surface area (Å²) in [6.07, 6.45) is 1.44. The van der Waals surface area contributed by atoms with Crippen LogP contribution in [0.5, 0.6) is 0 Å². The first kappa shape index (κ1) is 15.8. The summed E-state index contributed by atoms with van der Waals surface area (Å²) >= 11 is 0. The minimum Gasteiger partial charge on any atom is -0.466 e. The van der Waals surface area contributed by atoms with Gasteiger partial charge in [0.05, 0.1) is 13.0 Å². The van der Waals surface area contributed by atoms with Crippen LogP contribution in [0.15, 0.2) is 23.2 Å². The van der Waals surface area contributed by atoms with Crippen LogP contribution in [0, 0.1) is 5.95 Å². The largest absolute Gasteiger partial charge is 0.466 e. The number of rotatable bonds is 7. The molecule has 1 aromatic heterocycles. The van der Waals surface area contributed by atoms with E-state index in [0.717, 1.165) is 18.9 Å². The van der Waals surface area contributed by atoms with E-state index in [2.05, 4.69) is 4.98 Å². The van der Waals surface area contributed by atoms with Gasteiger partial charge in [-0.2, -0.15) is 8.70 Å². The monoisotopic (exact) mass is 316 g/mol. The first-order valence-electron chi connectivity index (χ1n) is 6.75. The molecule has 0 radical (unpaired) electrons. The number of carbonyl (C=O) groups is 1. The van der Waals surface area contributed by atoms with Crippen molar-refractivity contribution in [3.05, 3.63) is 24.1 Å². The summed E-state index contributed by atoms with van der Waals surface area (Å²) in [5, 5.41) is -0.335. The van der Waals surface area contributed by atoms with Crippen LogP contribution < -0.4 is 0 Å². The molecule has 1 aromatic rings. The molecule has 0 atom stereocenters. The summed E-state index contributed by atoms with van der Waals surface area (Å²) in [6, 6.07) is 3.48. The average Bonchev–Trinajstić information content (AvgIpc) is 3.23. The minimum atomic E-state index is -3.90. The van der Waals surface area contributed by atoms with Crippen molar-refractivity contribution < 1.29 is 22.3 Å². The van der Waals surface area contributed by atoms with E-state index in [9.17, 15) is 17.6 Å². The van der Waals surface area contributed by atoms with Crippen LogP contribution in [-0.2, 0) is 19.6 Å². The van der Waals surface area contributed by atoms with Crippen molar-refractivity contribution in [3.8, 4) is 0 Å². The molecule has 116 valence electrons. The molecule has 1 saturated carbocycles. The zero-order valence-electron chi connectivity index (χ0n) is 11.7. The number of esters is 1. The van der Waals surface area contributed by atoms with Gasteiger partial charge in [0.1, 0.15) is 0 Å². The predicted octanol–water partition coefficient (Wildman–Crippen LogP) is 1.33. The second kappa shape index (κ2) is 6.48. The fourth-order valence-electron chi connectivity index (χ4n) is 1.95. The Labute approximate surface area is 123 Å². The van der Waals surface area contributed by atoms with Gasteiger partial charge in [0.15, 0.2) is 5.03 Å². The maximum absolute atomic E-state index is 13.1. The summed E-state index contributed by atoms with van der Waals surface area (Å²) in [6.45, 7) is 1.95. The maximum atomic E-state index is 13.1. The molecule has 1 aliphatic carbocycles. The van der Waals surface area contributed by atoms with E-state index in [0.29, 0.717) is 0 Å². The second-order valence-electron chi connectivity index (χ2n) is 4.70. The van der Waals surface area contributed by atoms with E-state index in [4.69, 9.17) is 4.74 Å². The average molecular weight is 316 g/mol.